The van der Waals surface area contributed by atoms with Crippen LogP contribution in [-0.2, 0) is 17.8 Å². The van der Waals surface area contributed by atoms with Crippen LogP contribution in [0.15, 0.2) is 30.3 Å². The number of aromatic nitrogens is 3. The van der Waals surface area contributed by atoms with Crippen LogP contribution in [0.4, 0.5) is 5.95 Å². The van der Waals surface area contributed by atoms with Crippen molar-refractivity contribution in [2.75, 3.05) is 18.4 Å². The number of aryl methyl sites for hydroxylation is 2. The number of carbonyl (C=O) groups excluding carboxylic acids is 1. The number of benzene rings is 1. The fraction of sp³-hybridized carbons (Fsp3) is 0.381. The minimum atomic E-state index is 0.211. The Labute approximate surface area is 159 Å². The van der Waals surface area contributed by atoms with Crippen LogP contribution in [0.25, 0.3) is 10.9 Å². The number of hydrogen-bond acceptors (Lipinski definition) is 4. The van der Waals surface area contributed by atoms with E-state index < -0.39 is 0 Å². The van der Waals surface area contributed by atoms with Gasteiger partial charge in [0.05, 0.1) is 6.54 Å². The molecule has 0 atom stereocenters. The van der Waals surface area contributed by atoms with Gasteiger partial charge in [-0.1, -0.05) is 18.2 Å². The average molecular weight is 363 g/mol. The molecule has 1 aliphatic heterocycles. The van der Waals surface area contributed by atoms with Gasteiger partial charge in [0.15, 0.2) is 0 Å². The topological polar surface area (TPSA) is 73.9 Å². The van der Waals surface area contributed by atoms with Gasteiger partial charge >= 0.3 is 0 Å². The Morgan fingerprint density at radius 1 is 1.22 bits per heavy atom. The van der Waals surface area contributed by atoms with Crippen LogP contribution in [0.5, 0.6) is 0 Å². The molecule has 6 heteroatoms. The number of carbonyl (C=O) groups is 1. The summed E-state index contributed by atoms with van der Waals surface area (Å²) in [6, 6.07) is 10.3. The number of rotatable bonds is 5. The second kappa shape index (κ2) is 7.39. The number of nitrogens with zero attached hydrogens (tertiary/aromatic N) is 3. The Morgan fingerprint density at radius 2 is 2.00 bits per heavy atom. The molecule has 140 valence electrons. The second-order valence-corrected chi connectivity index (χ2v) is 7.20. The highest BCUT2D eigenvalue weighted by molar-refractivity contribution is 5.85. The minimum absolute atomic E-state index is 0.211. The van der Waals surface area contributed by atoms with E-state index in [0.717, 1.165) is 36.3 Å². The SMILES string of the molecule is Cc1cc(C)nc(NCCCC(=O)N2CCc3c([nH]c4ccccc34)C2)n1. The van der Waals surface area contributed by atoms with Crippen molar-refractivity contribution >= 4 is 22.8 Å². The number of nitrogens with one attached hydrogen (secondary N) is 2. The first-order valence-electron chi connectivity index (χ1n) is 9.52. The van der Waals surface area contributed by atoms with E-state index in [4.69, 9.17) is 0 Å². The number of H-pyrrole nitrogens is 1. The highest BCUT2D eigenvalue weighted by Crippen LogP contribution is 2.27. The summed E-state index contributed by atoms with van der Waals surface area (Å²) in [6.45, 7) is 6.08. The van der Waals surface area contributed by atoms with Gasteiger partial charge < -0.3 is 15.2 Å². The first kappa shape index (κ1) is 17.5. The summed E-state index contributed by atoms with van der Waals surface area (Å²) >= 11 is 0. The second-order valence-electron chi connectivity index (χ2n) is 7.20. The van der Waals surface area contributed by atoms with Gasteiger partial charge in [-0.05, 0) is 44.4 Å². The molecule has 2 N–H and O–H groups in total. The van der Waals surface area contributed by atoms with Crippen molar-refractivity contribution < 1.29 is 4.79 Å². The molecule has 27 heavy (non-hydrogen) atoms. The van der Waals surface area contributed by atoms with Gasteiger partial charge in [0.2, 0.25) is 11.9 Å². The summed E-state index contributed by atoms with van der Waals surface area (Å²) in [6.07, 6.45) is 2.22. The number of amides is 1. The van der Waals surface area contributed by atoms with Crippen molar-refractivity contribution in [1.29, 1.82) is 0 Å². The van der Waals surface area contributed by atoms with E-state index in [1.165, 1.54) is 16.6 Å². The summed E-state index contributed by atoms with van der Waals surface area (Å²) < 4.78 is 0. The van der Waals surface area contributed by atoms with E-state index in [-0.39, 0.29) is 5.91 Å². The lowest BCUT2D eigenvalue weighted by molar-refractivity contribution is -0.132. The van der Waals surface area contributed by atoms with Crippen molar-refractivity contribution in [3.63, 3.8) is 0 Å². The zero-order chi connectivity index (χ0) is 18.8. The molecule has 3 heterocycles. The quantitative estimate of drug-likeness (QED) is 0.682. The number of aromatic amines is 1. The maximum atomic E-state index is 12.6. The predicted molar refractivity (Wildman–Crippen MR) is 107 cm³/mol. The van der Waals surface area contributed by atoms with Crippen LogP contribution >= 0.6 is 0 Å². The summed E-state index contributed by atoms with van der Waals surface area (Å²) in [4.78, 5) is 26.8. The van der Waals surface area contributed by atoms with Crippen LogP contribution < -0.4 is 5.32 Å². The van der Waals surface area contributed by atoms with Crippen molar-refractivity contribution in [1.82, 2.24) is 19.9 Å². The normalized spacial score (nSPS) is 13.6. The maximum absolute atomic E-state index is 12.6. The van der Waals surface area contributed by atoms with E-state index in [2.05, 4.69) is 38.5 Å². The predicted octanol–water partition coefficient (Wildman–Crippen LogP) is 3.35. The molecule has 0 unspecified atom stereocenters. The van der Waals surface area contributed by atoms with Crippen molar-refractivity contribution in [2.24, 2.45) is 0 Å². The van der Waals surface area contributed by atoms with Crippen LogP contribution in [0.1, 0.15) is 35.5 Å². The molecule has 0 bridgehead atoms. The van der Waals surface area contributed by atoms with Crippen LogP contribution in [-0.4, -0.2) is 38.8 Å². The smallest absolute Gasteiger partial charge is 0.223 e. The monoisotopic (exact) mass is 363 g/mol. The van der Waals surface area contributed by atoms with Gasteiger partial charge in [0.1, 0.15) is 0 Å². The highest BCUT2D eigenvalue weighted by atomic mass is 16.2. The molecule has 0 spiro atoms. The van der Waals surface area contributed by atoms with E-state index in [0.29, 0.717) is 25.5 Å². The van der Waals surface area contributed by atoms with Gasteiger partial charge in [-0.3, -0.25) is 4.79 Å². The molecule has 1 aromatic carbocycles. The van der Waals surface area contributed by atoms with Crippen LogP contribution in [0, 0.1) is 13.8 Å². The van der Waals surface area contributed by atoms with Crippen molar-refractivity contribution in [2.45, 2.75) is 39.7 Å². The molecule has 0 fully saturated rings. The molecule has 1 amide bonds. The van der Waals surface area contributed by atoms with E-state index in [1.54, 1.807) is 0 Å². The fourth-order valence-corrected chi connectivity index (χ4v) is 3.81. The van der Waals surface area contributed by atoms with Crippen LogP contribution in [0.2, 0.25) is 0 Å². The molecular formula is C21H25N5O. The summed E-state index contributed by atoms with van der Waals surface area (Å²) in [5.41, 5.74) is 5.60. The summed E-state index contributed by atoms with van der Waals surface area (Å²) in [5.74, 6) is 0.850. The minimum Gasteiger partial charge on any atom is -0.357 e. The van der Waals surface area contributed by atoms with Crippen molar-refractivity contribution in [3.8, 4) is 0 Å². The third-order valence-corrected chi connectivity index (χ3v) is 5.07. The summed E-state index contributed by atoms with van der Waals surface area (Å²) in [7, 11) is 0. The zero-order valence-corrected chi connectivity index (χ0v) is 15.9. The molecule has 0 radical (unpaired) electrons. The lowest BCUT2D eigenvalue weighted by Crippen LogP contribution is -2.35. The third-order valence-electron chi connectivity index (χ3n) is 5.07. The van der Waals surface area contributed by atoms with Gasteiger partial charge in [-0.25, -0.2) is 9.97 Å². The van der Waals surface area contributed by atoms with Crippen molar-refractivity contribution in [3.05, 3.63) is 53.0 Å². The number of hydrogen-bond donors (Lipinski definition) is 2. The Balaban J connectivity index is 1.30. The first-order chi connectivity index (χ1) is 13.1. The molecule has 6 nitrogen and oxygen atoms in total. The lowest BCUT2D eigenvalue weighted by Gasteiger charge is -2.27. The molecule has 4 rings (SSSR count). The molecule has 1 aliphatic rings. The maximum Gasteiger partial charge on any atom is 0.223 e. The van der Waals surface area contributed by atoms with Gasteiger partial charge in [0.25, 0.3) is 0 Å². The Hall–Kier alpha value is -2.89. The third kappa shape index (κ3) is 3.79. The number of anilines is 1. The van der Waals surface area contributed by atoms with Crippen LogP contribution in [0.3, 0.4) is 0 Å². The largest absolute Gasteiger partial charge is 0.357 e. The Bertz CT molecular complexity index is 958. The zero-order valence-electron chi connectivity index (χ0n) is 15.9. The number of fused-ring (bicyclic) bond motifs is 3. The lowest BCUT2D eigenvalue weighted by atomic mass is 10.0. The molecular weight excluding hydrogens is 338 g/mol. The van der Waals surface area contributed by atoms with E-state index in [9.17, 15) is 4.79 Å². The molecule has 0 saturated carbocycles. The summed E-state index contributed by atoms with van der Waals surface area (Å²) in [5, 5.41) is 4.51. The van der Waals surface area contributed by atoms with Gasteiger partial charge in [-0.15, -0.1) is 0 Å². The first-order valence-corrected chi connectivity index (χ1v) is 9.52. The number of para-hydroxylation sites is 1. The molecule has 0 saturated heterocycles. The van der Waals surface area contributed by atoms with Gasteiger partial charge in [-0.2, -0.15) is 0 Å². The fourth-order valence-electron chi connectivity index (χ4n) is 3.81. The Morgan fingerprint density at radius 3 is 2.81 bits per heavy atom. The van der Waals surface area contributed by atoms with E-state index in [1.807, 2.05) is 30.9 Å². The van der Waals surface area contributed by atoms with Gasteiger partial charge in [0, 0.05) is 47.5 Å². The average Bonchev–Trinajstić information content (AvgIpc) is 3.02. The molecule has 2 aromatic heterocycles. The highest BCUT2D eigenvalue weighted by Gasteiger charge is 2.23. The standard InChI is InChI=1S/C21H25N5O/c1-14-12-15(2)24-21(23-14)22-10-5-8-20(27)26-11-9-17-16-6-3-4-7-18(16)25-19(17)13-26/h3-4,6-7,12,25H,5,8-11,13H2,1-2H3,(H,22,23,24). The molecule has 3 aromatic rings. The Kier molecular flexibility index (Phi) is 4.79. The van der Waals surface area contributed by atoms with E-state index >= 15 is 0 Å². The molecule has 0 aliphatic carbocycles.